The first-order chi connectivity index (χ1) is 6.57. The number of amides is 1. The zero-order valence-electron chi connectivity index (χ0n) is 8.45. The van der Waals surface area contributed by atoms with Crippen molar-refractivity contribution in [3.63, 3.8) is 0 Å². The van der Waals surface area contributed by atoms with Gasteiger partial charge >= 0.3 is 5.97 Å². The Hall–Kier alpha value is -1.10. The SMILES string of the molecule is C[C@@H](NC(=O)CCCCCN)C(=O)O. The Morgan fingerprint density at radius 1 is 1.36 bits per heavy atom. The van der Waals surface area contributed by atoms with Gasteiger partial charge in [-0.25, -0.2) is 0 Å². The van der Waals surface area contributed by atoms with Crippen molar-refractivity contribution in [2.75, 3.05) is 6.54 Å². The Morgan fingerprint density at radius 2 is 2.00 bits per heavy atom. The number of nitrogens with two attached hydrogens (primary N) is 1. The Kier molecular flexibility index (Phi) is 6.74. The summed E-state index contributed by atoms with van der Waals surface area (Å²) in [6.45, 7) is 2.08. The minimum atomic E-state index is -1.01. The lowest BCUT2D eigenvalue weighted by Crippen LogP contribution is -2.38. The van der Waals surface area contributed by atoms with Gasteiger partial charge in [-0.15, -0.1) is 0 Å². The average Bonchev–Trinajstić information content (AvgIpc) is 2.12. The van der Waals surface area contributed by atoms with Crippen molar-refractivity contribution in [3.8, 4) is 0 Å². The molecule has 0 aliphatic carbocycles. The number of nitrogens with one attached hydrogen (secondary N) is 1. The van der Waals surface area contributed by atoms with Gasteiger partial charge in [0.15, 0.2) is 0 Å². The fraction of sp³-hybridized carbons (Fsp3) is 0.778. The Morgan fingerprint density at radius 3 is 2.50 bits per heavy atom. The molecular formula is C9H18N2O3. The number of carboxylic acid groups (broad SMARTS) is 1. The summed E-state index contributed by atoms with van der Waals surface area (Å²) in [7, 11) is 0. The van der Waals surface area contributed by atoms with Crippen molar-refractivity contribution >= 4 is 11.9 Å². The van der Waals surface area contributed by atoms with Gasteiger partial charge in [0.25, 0.3) is 0 Å². The summed E-state index contributed by atoms with van der Waals surface area (Å²) in [6, 6.07) is -0.808. The third-order valence-electron chi connectivity index (χ3n) is 1.86. The van der Waals surface area contributed by atoms with Crippen LogP contribution < -0.4 is 11.1 Å². The molecule has 4 N–H and O–H groups in total. The molecule has 1 atom stereocenters. The highest BCUT2D eigenvalue weighted by Crippen LogP contribution is 1.98. The average molecular weight is 202 g/mol. The molecular weight excluding hydrogens is 184 g/mol. The monoisotopic (exact) mass is 202 g/mol. The number of carbonyl (C=O) groups excluding carboxylic acids is 1. The van der Waals surface area contributed by atoms with Crippen molar-refractivity contribution in [1.29, 1.82) is 0 Å². The predicted octanol–water partition coefficient (Wildman–Crippen LogP) is 0.0948. The number of hydrogen-bond acceptors (Lipinski definition) is 3. The number of hydrogen-bond donors (Lipinski definition) is 3. The maximum atomic E-state index is 11.1. The third-order valence-corrected chi connectivity index (χ3v) is 1.86. The third kappa shape index (κ3) is 6.42. The zero-order chi connectivity index (χ0) is 11.0. The zero-order valence-corrected chi connectivity index (χ0v) is 8.45. The lowest BCUT2D eigenvalue weighted by atomic mass is 10.2. The van der Waals surface area contributed by atoms with E-state index < -0.39 is 12.0 Å². The second kappa shape index (κ2) is 7.32. The van der Waals surface area contributed by atoms with E-state index in [-0.39, 0.29) is 5.91 Å². The molecule has 0 radical (unpaired) electrons. The second-order valence-electron chi connectivity index (χ2n) is 3.23. The number of carboxylic acids is 1. The van der Waals surface area contributed by atoms with Crippen molar-refractivity contribution in [2.24, 2.45) is 5.73 Å². The summed E-state index contributed by atoms with van der Waals surface area (Å²) in [5.74, 6) is -1.22. The normalized spacial score (nSPS) is 12.1. The van der Waals surface area contributed by atoms with Gasteiger partial charge in [0, 0.05) is 6.42 Å². The van der Waals surface area contributed by atoms with E-state index in [4.69, 9.17) is 10.8 Å². The second-order valence-corrected chi connectivity index (χ2v) is 3.23. The summed E-state index contributed by atoms with van der Waals surface area (Å²) in [4.78, 5) is 21.5. The van der Waals surface area contributed by atoms with Gasteiger partial charge in [0.2, 0.25) is 5.91 Å². The van der Waals surface area contributed by atoms with E-state index in [9.17, 15) is 9.59 Å². The van der Waals surface area contributed by atoms with Crippen molar-refractivity contribution in [2.45, 2.75) is 38.6 Å². The van der Waals surface area contributed by atoms with Crippen LogP contribution in [0.3, 0.4) is 0 Å². The predicted molar refractivity (Wildman–Crippen MR) is 52.8 cm³/mol. The van der Waals surface area contributed by atoms with Crippen LogP contribution >= 0.6 is 0 Å². The first-order valence-electron chi connectivity index (χ1n) is 4.80. The molecule has 0 fully saturated rings. The molecule has 0 saturated heterocycles. The smallest absolute Gasteiger partial charge is 0.325 e. The van der Waals surface area contributed by atoms with E-state index in [1.807, 2.05) is 0 Å². The van der Waals surface area contributed by atoms with Crippen LogP contribution in [-0.4, -0.2) is 29.6 Å². The number of unbranched alkanes of at least 4 members (excludes halogenated alkanes) is 2. The van der Waals surface area contributed by atoms with Gasteiger partial charge < -0.3 is 16.2 Å². The van der Waals surface area contributed by atoms with Gasteiger partial charge in [-0.1, -0.05) is 6.42 Å². The summed E-state index contributed by atoms with van der Waals surface area (Å²) in [6.07, 6.45) is 2.94. The van der Waals surface area contributed by atoms with Gasteiger partial charge in [-0.3, -0.25) is 9.59 Å². The van der Waals surface area contributed by atoms with Gasteiger partial charge in [0.1, 0.15) is 6.04 Å². The lowest BCUT2D eigenvalue weighted by Gasteiger charge is -2.08. The van der Waals surface area contributed by atoms with Crippen molar-refractivity contribution < 1.29 is 14.7 Å². The Bertz CT molecular complexity index is 194. The van der Waals surface area contributed by atoms with E-state index in [1.54, 1.807) is 0 Å². The summed E-state index contributed by atoms with van der Waals surface area (Å²) >= 11 is 0. The van der Waals surface area contributed by atoms with Gasteiger partial charge in [0.05, 0.1) is 0 Å². The molecule has 0 aliphatic rings. The fourth-order valence-corrected chi connectivity index (χ4v) is 0.982. The van der Waals surface area contributed by atoms with E-state index in [0.717, 1.165) is 19.3 Å². The molecule has 82 valence electrons. The van der Waals surface area contributed by atoms with Crippen LogP contribution in [0.4, 0.5) is 0 Å². The Labute approximate surface area is 83.7 Å². The minimum absolute atomic E-state index is 0.211. The highest BCUT2D eigenvalue weighted by molar-refractivity contribution is 5.83. The van der Waals surface area contributed by atoms with Crippen LogP contribution in [0.2, 0.25) is 0 Å². The number of rotatable bonds is 7. The van der Waals surface area contributed by atoms with Crippen LogP contribution in [0.15, 0.2) is 0 Å². The quantitative estimate of drug-likeness (QED) is 0.510. The lowest BCUT2D eigenvalue weighted by molar-refractivity contribution is -0.141. The fourth-order valence-electron chi connectivity index (χ4n) is 0.982. The van der Waals surface area contributed by atoms with Crippen LogP contribution in [0.25, 0.3) is 0 Å². The summed E-state index contributed by atoms with van der Waals surface area (Å²) in [5, 5.41) is 10.9. The van der Waals surface area contributed by atoms with E-state index >= 15 is 0 Å². The molecule has 5 heteroatoms. The first-order valence-corrected chi connectivity index (χ1v) is 4.80. The van der Waals surface area contributed by atoms with Crippen LogP contribution in [0.5, 0.6) is 0 Å². The van der Waals surface area contributed by atoms with E-state index in [2.05, 4.69) is 5.32 Å². The summed E-state index contributed by atoms with van der Waals surface area (Å²) in [5.41, 5.74) is 5.29. The molecule has 5 nitrogen and oxygen atoms in total. The van der Waals surface area contributed by atoms with E-state index in [1.165, 1.54) is 6.92 Å². The number of aliphatic carboxylic acids is 1. The maximum absolute atomic E-state index is 11.1. The van der Waals surface area contributed by atoms with Crippen LogP contribution in [0, 0.1) is 0 Å². The first kappa shape index (κ1) is 12.9. The largest absolute Gasteiger partial charge is 0.480 e. The van der Waals surface area contributed by atoms with Gasteiger partial charge in [-0.05, 0) is 26.3 Å². The van der Waals surface area contributed by atoms with Gasteiger partial charge in [-0.2, -0.15) is 0 Å². The molecule has 0 aromatic heterocycles. The number of carbonyl (C=O) groups is 2. The molecule has 0 aliphatic heterocycles. The maximum Gasteiger partial charge on any atom is 0.325 e. The molecule has 0 saturated carbocycles. The highest BCUT2D eigenvalue weighted by atomic mass is 16.4. The summed E-state index contributed by atoms with van der Waals surface area (Å²) < 4.78 is 0. The topological polar surface area (TPSA) is 92.4 Å². The standard InChI is InChI=1S/C9H18N2O3/c1-7(9(13)14)11-8(12)5-3-2-4-6-10/h7H,2-6,10H2,1H3,(H,11,12)(H,13,14)/t7-/m1/s1. The van der Waals surface area contributed by atoms with Crippen molar-refractivity contribution in [3.05, 3.63) is 0 Å². The molecule has 1 amide bonds. The van der Waals surface area contributed by atoms with Crippen LogP contribution in [-0.2, 0) is 9.59 Å². The minimum Gasteiger partial charge on any atom is -0.480 e. The molecule has 14 heavy (non-hydrogen) atoms. The molecule has 0 spiro atoms. The van der Waals surface area contributed by atoms with Crippen LogP contribution in [0.1, 0.15) is 32.6 Å². The molecule has 0 bridgehead atoms. The molecule has 0 unspecified atom stereocenters. The Balaban J connectivity index is 3.50. The molecule has 0 aromatic rings. The molecule has 0 heterocycles. The molecule has 0 rings (SSSR count). The highest BCUT2D eigenvalue weighted by Gasteiger charge is 2.12. The van der Waals surface area contributed by atoms with Crippen molar-refractivity contribution in [1.82, 2.24) is 5.32 Å². The molecule has 0 aromatic carbocycles. The van der Waals surface area contributed by atoms with E-state index in [0.29, 0.717) is 13.0 Å².